The molecule has 29 heavy (non-hydrogen) atoms. The molecule has 2 fully saturated rings. The third kappa shape index (κ3) is 4.97. The minimum absolute atomic E-state index is 0.0183. The molecule has 0 saturated carbocycles. The van der Waals surface area contributed by atoms with Crippen LogP contribution in [0.5, 0.6) is 5.75 Å². The minimum Gasteiger partial charge on any atom is -0.484 e. The van der Waals surface area contributed by atoms with Gasteiger partial charge in [-0.2, -0.15) is 0 Å². The van der Waals surface area contributed by atoms with Crippen LogP contribution >= 0.6 is 0 Å². The van der Waals surface area contributed by atoms with E-state index in [-0.39, 0.29) is 18.6 Å². The number of hydrogen-bond donors (Lipinski definition) is 1. The zero-order chi connectivity index (χ0) is 20.3. The van der Waals surface area contributed by atoms with Crippen LogP contribution in [0.25, 0.3) is 11.1 Å². The lowest BCUT2D eigenvalue weighted by Gasteiger charge is -2.34. The first-order valence-electron chi connectivity index (χ1n) is 10.1. The third-order valence-corrected chi connectivity index (χ3v) is 7.66. The average molecular weight is 416 g/mol. The van der Waals surface area contributed by atoms with E-state index >= 15 is 0 Å². The molecule has 2 saturated heterocycles. The first-order valence-corrected chi connectivity index (χ1v) is 11.9. The number of rotatable bonds is 5. The van der Waals surface area contributed by atoms with Crippen LogP contribution in [0, 0.1) is 0 Å². The second kappa shape index (κ2) is 8.55. The number of nitrogens with zero attached hydrogens (tertiary/aromatic N) is 1. The van der Waals surface area contributed by atoms with Crippen LogP contribution in [0.4, 0.5) is 0 Å². The molecule has 154 valence electrons. The molecule has 0 bridgehead atoms. The topological polar surface area (TPSA) is 68.1 Å². The Morgan fingerprint density at radius 2 is 1.66 bits per heavy atom. The molecule has 7 heteroatoms. The number of benzene rings is 2. The quantitative estimate of drug-likeness (QED) is 0.779. The van der Waals surface area contributed by atoms with Gasteiger partial charge in [0.1, 0.15) is 17.5 Å². The molecule has 0 aromatic heterocycles. The van der Waals surface area contributed by atoms with Gasteiger partial charge in [-0.15, -0.1) is 0 Å². The van der Waals surface area contributed by atoms with Crippen molar-refractivity contribution in [3.63, 3.8) is 0 Å². The molecule has 0 unspecified atom stereocenters. The summed E-state index contributed by atoms with van der Waals surface area (Å²) in [4.78, 5) is 15.6. The first-order chi connectivity index (χ1) is 14.0. The van der Waals surface area contributed by atoms with E-state index in [9.17, 15) is 13.2 Å². The largest absolute Gasteiger partial charge is 0.484 e. The summed E-state index contributed by atoms with van der Waals surface area (Å²) in [5.74, 6) is 1.26. The highest BCUT2D eigenvalue weighted by Gasteiger charge is 2.37. The minimum atomic E-state index is -2.86. The number of quaternary nitrogens is 1. The highest BCUT2D eigenvalue weighted by molar-refractivity contribution is 7.91. The molecule has 4 rings (SSSR count). The predicted octanol–water partition coefficient (Wildman–Crippen LogP) is 0.647. The van der Waals surface area contributed by atoms with Crippen molar-refractivity contribution < 1.29 is 22.8 Å². The molecule has 1 atom stereocenters. The van der Waals surface area contributed by atoms with Crippen LogP contribution in [0.3, 0.4) is 0 Å². The average Bonchev–Trinajstić information content (AvgIpc) is 3.13. The van der Waals surface area contributed by atoms with Gasteiger partial charge in [0.15, 0.2) is 16.4 Å². The highest BCUT2D eigenvalue weighted by Crippen LogP contribution is 2.22. The molecule has 1 amide bonds. The Morgan fingerprint density at radius 1 is 1.00 bits per heavy atom. The van der Waals surface area contributed by atoms with Gasteiger partial charge in [-0.05, 0) is 23.3 Å². The van der Waals surface area contributed by atoms with E-state index in [0.717, 1.165) is 30.6 Å². The van der Waals surface area contributed by atoms with Gasteiger partial charge in [0, 0.05) is 6.42 Å². The number of ether oxygens (including phenoxy) is 1. The van der Waals surface area contributed by atoms with Gasteiger partial charge < -0.3 is 14.5 Å². The maximum absolute atomic E-state index is 12.5. The summed E-state index contributed by atoms with van der Waals surface area (Å²) in [6.07, 6.45) is 0.744. The van der Waals surface area contributed by atoms with Gasteiger partial charge in [-0.3, -0.25) is 4.79 Å². The Morgan fingerprint density at radius 3 is 2.28 bits per heavy atom. The fraction of sp³-hybridized carbons (Fsp3) is 0.409. The summed E-state index contributed by atoms with van der Waals surface area (Å²) in [7, 11) is -2.86. The lowest BCUT2D eigenvalue weighted by atomic mass is 10.1. The van der Waals surface area contributed by atoms with Crippen LogP contribution in [0.15, 0.2) is 54.6 Å². The maximum Gasteiger partial charge on any atom is 0.260 e. The molecule has 0 spiro atoms. The number of sulfone groups is 1. The molecule has 2 heterocycles. The highest BCUT2D eigenvalue weighted by atomic mass is 32.2. The zero-order valence-corrected chi connectivity index (χ0v) is 17.2. The van der Waals surface area contributed by atoms with E-state index in [2.05, 4.69) is 12.1 Å². The number of carbonyl (C=O) groups excluding carboxylic acids is 1. The Hall–Kier alpha value is -2.38. The van der Waals surface area contributed by atoms with Crippen molar-refractivity contribution in [2.75, 3.05) is 44.3 Å². The van der Waals surface area contributed by atoms with Gasteiger partial charge in [0.2, 0.25) is 0 Å². The van der Waals surface area contributed by atoms with Crippen LogP contribution in [-0.4, -0.2) is 69.6 Å². The summed E-state index contributed by atoms with van der Waals surface area (Å²) in [5.41, 5.74) is 2.25. The first kappa shape index (κ1) is 19.9. The molecule has 2 aliphatic heterocycles. The molecule has 0 aliphatic carbocycles. The van der Waals surface area contributed by atoms with Crippen molar-refractivity contribution >= 4 is 15.7 Å². The van der Waals surface area contributed by atoms with Crippen molar-refractivity contribution in [1.82, 2.24) is 4.90 Å². The lowest BCUT2D eigenvalue weighted by molar-refractivity contribution is -0.925. The number of amides is 1. The Kier molecular flexibility index (Phi) is 5.87. The standard InChI is InChI=1S/C22H26N2O4S/c25-22(24-13-11-23(12-14-24)20-10-15-29(26,27)17-20)16-28-21-8-6-19(7-9-21)18-4-2-1-3-5-18/h1-9,20H,10-17H2/p+1/t20-/m0/s1. The molecular formula is C22H27N2O4S+. The third-order valence-electron chi connectivity index (χ3n) is 5.89. The van der Waals surface area contributed by atoms with E-state index in [1.54, 1.807) is 0 Å². The van der Waals surface area contributed by atoms with Gasteiger partial charge in [0.25, 0.3) is 5.91 Å². The lowest BCUT2D eigenvalue weighted by Crippen LogP contribution is -3.18. The Labute approximate surface area is 172 Å². The summed E-state index contributed by atoms with van der Waals surface area (Å²) in [5, 5.41) is 0. The van der Waals surface area contributed by atoms with Gasteiger partial charge >= 0.3 is 0 Å². The summed E-state index contributed by atoms with van der Waals surface area (Å²) in [6.45, 7) is 2.94. The Bertz CT molecular complexity index is 937. The second-order valence-electron chi connectivity index (χ2n) is 7.82. The predicted molar refractivity (Wildman–Crippen MR) is 112 cm³/mol. The van der Waals surface area contributed by atoms with Crippen molar-refractivity contribution in [2.24, 2.45) is 0 Å². The molecule has 1 N–H and O–H groups in total. The number of piperazine rings is 1. The van der Waals surface area contributed by atoms with Crippen molar-refractivity contribution in [3.8, 4) is 16.9 Å². The zero-order valence-electron chi connectivity index (χ0n) is 16.4. The molecule has 0 radical (unpaired) electrons. The summed E-state index contributed by atoms with van der Waals surface area (Å²) in [6, 6.07) is 18.1. The van der Waals surface area contributed by atoms with Gasteiger partial charge in [-0.1, -0.05) is 42.5 Å². The summed E-state index contributed by atoms with van der Waals surface area (Å²) < 4.78 is 29.1. The van der Waals surface area contributed by atoms with Crippen molar-refractivity contribution in [3.05, 3.63) is 54.6 Å². The van der Waals surface area contributed by atoms with E-state index in [4.69, 9.17) is 4.74 Å². The normalized spacial score (nSPS) is 21.8. The molecule has 2 aliphatic rings. The monoisotopic (exact) mass is 415 g/mol. The molecule has 2 aromatic carbocycles. The maximum atomic E-state index is 12.5. The fourth-order valence-electron chi connectivity index (χ4n) is 4.18. The smallest absolute Gasteiger partial charge is 0.260 e. The molecule has 2 aromatic rings. The SMILES string of the molecule is O=C(COc1ccc(-c2ccccc2)cc1)N1CC[NH+]([C@H]2CCS(=O)(=O)C2)CC1. The van der Waals surface area contributed by atoms with E-state index in [1.165, 1.54) is 4.90 Å². The molecular weight excluding hydrogens is 388 g/mol. The van der Waals surface area contributed by atoms with E-state index < -0.39 is 9.84 Å². The van der Waals surface area contributed by atoms with Crippen LogP contribution in [-0.2, 0) is 14.6 Å². The summed E-state index contributed by atoms with van der Waals surface area (Å²) >= 11 is 0. The van der Waals surface area contributed by atoms with Crippen LogP contribution in [0.2, 0.25) is 0 Å². The Balaban J connectivity index is 1.24. The van der Waals surface area contributed by atoms with Crippen molar-refractivity contribution in [1.29, 1.82) is 0 Å². The molecule has 6 nitrogen and oxygen atoms in total. The van der Waals surface area contributed by atoms with Crippen LogP contribution < -0.4 is 9.64 Å². The number of nitrogens with one attached hydrogen (secondary N) is 1. The van der Waals surface area contributed by atoms with Gasteiger partial charge in [-0.25, -0.2) is 8.42 Å². The fourth-order valence-corrected chi connectivity index (χ4v) is 6.00. The van der Waals surface area contributed by atoms with E-state index in [0.29, 0.717) is 30.3 Å². The van der Waals surface area contributed by atoms with Crippen LogP contribution in [0.1, 0.15) is 6.42 Å². The van der Waals surface area contributed by atoms with Gasteiger partial charge in [0.05, 0.1) is 31.9 Å². The van der Waals surface area contributed by atoms with Crippen molar-refractivity contribution in [2.45, 2.75) is 12.5 Å². The van der Waals surface area contributed by atoms with E-state index in [1.807, 2.05) is 47.4 Å². The number of hydrogen-bond acceptors (Lipinski definition) is 4. The number of carbonyl (C=O) groups is 1. The second-order valence-corrected chi connectivity index (χ2v) is 10.0.